The van der Waals surface area contributed by atoms with Crippen LogP contribution in [0.2, 0.25) is 0 Å². The second-order valence-electron chi connectivity index (χ2n) is 7.94. The van der Waals surface area contributed by atoms with Crippen LogP contribution in [0.25, 0.3) is 0 Å². The van der Waals surface area contributed by atoms with E-state index in [1.165, 1.54) is 4.72 Å². The molecular weight excluding hydrogens is 499 g/mol. The van der Waals surface area contributed by atoms with Crippen LogP contribution in [0.15, 0.2) is 0 Å². The third-order valence-corrected chi connectivity index (χ3v) is 5.81. The van der Waals surface area contributed by atoms with Gasteiger partial charge in [0.05, 0.1) is 38.4 Å². The van der Waals surface area contributed by atoms with Crippen molar-refractivity contribution in [1.29, 1.82) is 0 Å². The van der Waals surface area contributed by atoms with E-state index < -0.39 is 20.9 Å². The molecule has 0 unspecified atom stereocenters. The number of hydrogen-bond donors (Lipinski definition) is 3. The van der Waals surface area contributed by atoms with Gasteiger partial charge in [0.2, 0.25) is 0 Å². The summed E-state index contributed by atoms with van der Waals surface area (Å²) < 4.78 is 80.1. The van der Waals surface area contributed by atoms with Gasteiger partial charge in [0.1, 0.15) is 6.61 Å². The van der Waals surface area contributed by atoms with Gasteiger partial charge < -0.3 is 29.6 Å². The number of amides is 2. The third kappa shape index (κ3) is 16.6. The molecule has 208 valence electrons. The Bertz CT molecular complexity index is 706. The van der Waals surface area contributed by atoms with E-state index >= 15 is 0 Å². The summed E-state index contributed by atoms with van der Waals surface area (Å²) >= 11 is 0. The number of sulfonamides is 1. The fraction of sp³-hybridized carbons (Fsp3) is 0.900. The van der Waals surface area contributed by atoms with Crippen molar-refractivity contribution in [1.82, 2.24) is 15.4 Å². The monoisotopic (exact) mass is 537 g/mol. The molecule has 35 heavy (non-hydrogen) atoms. The van der Waals surface area contributed by atoms with Crippen molar-refractivity contribution < 1.29 is 50.1 Å². The molecule has 15 heteroatoms. The highest BCUT2D eigenvalue weighted by molar-refractivity contribution is 7.90. The lowest BCUT2D eigenvalue weighted by molar-refractivity contribution is -0.153. The Morgan fingerprint density at radius 3 is 1.77 bits per heavy atom. The summed E-state index contributed by atoms with van der Waals surface area (Å²) in [4.78, 5) is 23.4. The summed E-state index contributed by atoms with van der Waals surface area (Å²) in [6.07, 6.45) is 1.35. The van der Waals surface area contributed by atoms with Gasteiger partial charge in [-0.25, -0.2) is 17.9 Å². The number of urea groups is 1. The molecule has 0 aliphatic carbocycles. The Balaban J connectivity index is 3.43. The van der Waals surface area contributed by atoms with E-state index in [2.05, 4.69) is 10.6 Å². The Kier molecular flexibility index (Phi) is 16.9. The van der Waals surface area contributed by atoms with Gasteiger partial charge in [-0.2, -0.15) is 13.2 Å². The molecule has 0 bridgehead atoms. The SMILES string of the molecule is CCC(C)(C)C(=O)OCCNC(=O)NCCCOCCOCCOCCCNS(=O)(=O)C(F)(F)F. The molecule has 0 spiro atoms. The molecule has 0 aliphatic heterocycles. The maximum Gasteiger partial charge on any atom is 0.511 e. The van der Waals surface area contributed by atoms with Gasteiger partial charge in [-0.3, -0.25) is 4.79 Å². The number of ether oxygens (including phenoxy) is 4. The summed E-state index contributed by atoms with van der Waals surface area (Å²) in [6, 6.07) is -0.364. The first kappa shape index (κ1) is 33.3. The van der Waals surface area contributed by atoms with Gasteiger partial charge in [-0.1, -0.05) is 6.92 Å². The maximum atomic E-state index is 12.1. The van der Waals surface area contributed by atoms with Crippen molar-refractivity contribution in [3.05, 3.63) is 0 Å². The number of carbonyl (C=O) groups is 2. The van der Waals surface area contributed by atoms with Crippen LogP contribution in [0.4, 0.5) is 18.0 Å². The van der Waals surface area contributed by atoms with E-state index in [1.54, 1.807) is 13.8 Å². The van der Waals surface area contributed by atoms with Crippen LogP contribution in [0.1, 0.15) is 40.0 Å². The summed E-state index contributed by atoms with van der Waals surface area (Å²) in [6.45, 7) is 7.47. The van der Waals surface area contributed by atoms with E-state index in [-0.39, 0.29) is 57.9 Å². The van der Waals surface area contributed by atoms with Gasteiger partial charge in [0.25, 0.3) is 0 Å². The van der Waals surface area contributed by atoms with E-state index in [4.69, 9.17) is 18.9 Å². The molecule has 11 nitrogen and oxygen atoms in total. The Morgan fingerprint density at radius 1 is 0.771 bits per heavy atom. The minimum atomic E-state index is -5.32. The second kappa shape index (κ2) is 17.7. The molecule has 0 atom stereocenters. The Hall–Kier alpha value is -1.68. The zero-order valence-corrected chi connectivity index (χ0v) is 21.3. The third-order valence-electron chi connectivity index (χ3n) is 4.61. The standard InChI is InChI=1S/C20H38F3N3O8S/c1-4-19(2,3)17(27)34-12-9-25-18(28)24-7-5-10-31-13-15-33-16-14-32-11-6-8-26-35(29,30)20(21,22)23/h26H,4-16H2,1-3H3,(H2,24,25,28). The van der Waals surface area contributed by atoms with E-state index in [1.807, 2.05) is 6.92 Å². The highest BCUT2D eigenvalue weighted by Gasteiger charge is 2.45. The molecule has 3 N–H and O–H groups in total. The molecule has 0 radical (unpaired) electrons. The molecule has 0 aromatic carbocycles. The largest absolute Gasteiger partial charge is 0.511 e. The molecule has 0 saturated heterocycles. The van der Waals surface area contributed by atoms with Crippen molar-refractivity contribution in [2.24, 2.45) is 5.41 Å². The van der Waals surface area contributed by atoms with Gasteiger partial charge in [0, 0.05) is 26.3 Å². The van der Waals surface area contributed by atoms with Crippen molar-refractivity contribution in [2.75, 3.05) is 65.9 Å². The predicted molar refractivity (Wildman–Crippen MR) is 121 cm³/mol. The number of carbonyl (C=O) groups excluding carboxylic acids is 2. The van der Waals surface area contributed by atoms with E-state index in [0.717, 1.165) is 0 Å². The van der Waals surface area contributed by atoms with Gasteiger partial charge >= 0.3 is 27.5 Å². The maximum absolute atomic E-state index is 12.1. The van der Waals surface area contributed by atoms with Crippen LogP contribution in [0.3, 0.4) is 0 Å². The minimum absolute atomic E-state index is 0.0863. The van der Waals surface area contributed by atoms with Crippen LogP contribution < -0.4 is 15.4 Å². The van der Waals surface area contributed by atoms with Gasteiger partial charge in [0.15, 0.2) is 0 Å². The second-order valence-corrected chi connectivity index (χ2v) is 9.70. The number of rotatable bonds is 20. The quantitative estimate of drug-likeness (QED) is 0.157. The predicted octanol–water partition coefficient (Wildman–Crippen LogP) is 1.53. The van der Waals surface area contributed by atoms with Crippen molar-refractivity contribution in [3.8, 4) is 0 Å². The highest BCUT2D eigenvalue weighted by atomic mass is 32.2. The van der Waals surface area contributed by atoms with Crippen LogP contribution >= 0.6 is 0 Å². The molecule has 0 aliphatic rings. The molecular formula is C20H38F3N3O8S. The number of alkyl halides is 3. The normalized spacial score (nSPS) is 12.4. The molecule has 0 saturated carbocycles. The summed E-state index contributed by atoms with van der Waals surface area (Å²) in [7, 11) is -5.31. The molecule has 2 amide bonds. The lowest BCUT2D eigenvalue weighted by Gasteiger charge is -2.20. The summed E-state index contributed by atoms with van der Waals surface area (Å²) in [5, 5.41) is 5.25. The van der Waals surface area contributed by atoms with Crippen LogP contribution in [0.5, 0.6) is 0 Å². The zero-order chi connectivity index (χ0) is 26.8. The van der Waals surface area contributed by atoms with E-state index in [0.29, 0.717) is 39.2 Å². The molecule has 0 aromatic heterocycles. The fourth-order valence-corrected chi connectivity index (χ4v) is 2.67. The molecule has 0 heterocycles. The lowest BCUT2D eigenvalue weighted by atomic mass is 9.91. The first-order valence-electron chi connectivity index (χ1n) is 11.3. The first-order valence-corrected chi connectivity index (χ1v) is 12.8. The summed E-state index contributed by atoms with van der Waals surface area (Å²) in [5.41, 5.74) is -5.86. The fourth-order valence-electron chi connectivity index (χ4n) is 2.09. The molecule has 0 fully saturated rings. The minimum Gasteiger partial charge on any atom is -0.463 e. The van der Waals surface area contributed by atoms with Crippen molar-refractivity contribution in [3.63, 3.8) is 0 Å². The summed E-state index contributed by atoms with van der Waals surface area (Å²) in [5.74, 6) is -0.300. The van der Waals surface area contributed by atoms with E-state index in [9.17, 15) is 31.2 Å². The smallest absolute Gasteiger partial charge is 0.463 e. The average molecular weight is 538 g/mol. The number of esters is 1. The zero-order valence-electron chi connectivity index (χ0n) is 20.5. The average Bonchev–Trinajstić information content (AvgIpc) is 2.78. The van der Waals surface area contributed by atoms with Crippen LogP contribution in [-0.2, 0) is 33.8 Å². The highest BCUT2D eigenvalue weighted by Crippen LogP contribution is 2.21. The number of hydrogen-bond acceptors (Lipinski definition) is 8. The topological polar surface area (TPSA) is 141 Å². The van der Waals surface area contributed by atoms with Crippen LogP contribution in [0, 0.1) is 5.41 Å². The lowest BCUT2D eigenvalue weighted by Crippen LogP contribution is -2.38. The molecule has 0 aromatic rings. The van der Waals surface area contributed by atoms with Crippen molar-refractivity contribution >= 4 is 22.0 Å². The molecule has 0 rings (SSSR count). The Morgan fingerprint density at radius 2 is 1.26 bits per heavy atom. The Labute approximate surface area is 204 Å². The van der Waals surface area contributed by atoms with Gasteiger partial charge in [-0.05, 0) is 33.1 Å². The first-order chi connectivity index (χ1) is 16.3. The van der Waals surface area contributed by atoms with Gasteiger partial charge in [-0.15, -0.1) is 0 Å². The number of halogens is 3. The van der Waals surface area contributed by atoms with Crippen LogP contribution in [-0.4, -0.2) is 91.8 Å². The van der Waals surface area contributed by atoms with Crippen molar-refractivity contribution in [2.45, 2.75) is 45.5 Å². The number of nitrogens with one attached hydrogen (secondary N) is 3.